The molecular formula is C15H17NO3. The Bertz CT molecular complexity index is 658. The van der Waals surface area contributed by atoms with Crippen LogP contribution in [0.25, 0.3) is 10.9 Å². The van der Waals surface area contributed by atoms with Crippen LogP contribution < -0.4 is 10.3 Å². The molecule has 2 rings (SSSR count). The van der Waals surface area contributed by atoms with E-state index in [1.165, 1.54) is 0 Å². The third kappa shape index (κ3) is 2.85. The fraction of sp³-hybridized carbons (Fsp3) is 0.267. The fourth-order valence-electron chi connectivity index (χ4n) is 2.04. The van der Waals surface area contributed by atoms with Crippen LogP contribution in [0.2, 0.25) is 0 Å². The molecule has 1 heterocycles. The van der Waals surface area contributed by atoms with E-state index in [0.29, 0.717) is 13.2 Å². The van der Waals surface area contributed by atoms with Crippen LogP contribution in [0.4, 0.5) is 0 Å². The standard InChI is InChI=1S/C15H17NO3/c1-4-5-19-14-8-13-12(6-10(14)2)11(9-18-3)7-15(17)16-13/h4,6-8H,1,5,9H2,2-3H3,(H,16,17). The summed E-state index contributed by atoms with van der Waals surface area (Å²) >= 11 is 0. The molecule has 0 aliphatic heterocycles. The van der Waals surface area contributed by atoms with Gasteiger partial charge in [0.25, 0.3) is 0 Å². The zero-order valence-electron chi connectivity index (χ0n) is 11.2. The predicted molar refractivity (Wildman–Crippen MR) is 75.7 cm³/mol. The Morgan fingerprint density at radius 2 is 2.16 bits per heavy atom. The topological polar surface area (TPSA) is 51.3 Å². The molecule has 0 fully saturated rings. The van der Waals surface area contributed by atoms with Crippen LogP contribution in [0.1, 0.15) is 11.1 Å². The molecule has 0 spiro atoms. The van der Waals surface area contributed by atoms with Crippen molar-refractivity contribution < 1.29 is 9.47 Å². The number of hydrogen-bond acceptors (Lipinski definition) is 3. The van der Waals surface area contributed by atoms with Gasteiger partial charge in [0, 0.05) is 24.6 Å². The Morgan fingerprint density at radius 1 is 1.37 bits per heavy atom. The maximum atomic E-state index is 11.6. The van der Waals surface area contributed by atoms with Crippen molar-refractivity contribution in [2.75, 3.05) is 13.7 Å². The van der Waals surface area contributed by atoms with Gasteiger partial charge in [-0.1, -0.05) is 12.7 Å². The number of H-pyrrole nitrogens is 1. The van der Waals surface area contributed by atoms with Gasteiger partial charge in [-0.15, -0.1) is 0 Å². The minimum absolute atomic E-state index is 0.141. The number of rotatable bonds is 5. The minimum atomic E-state index is -0.141. The molecule has 1 aromatic carbocycles. The number of methoxy groups -OCH3 is 1. The van der Waals surface area contributed by atoms with E-state index in [-0.39, 0.29) is 5.56 Å². The van der Waals surface area contributed by atoms with Crippen LogP contribution in [0, 0.1) is 6.92 Å². The molecule has 100 valence electrons. The van der Waals surface area contributed by atoms with Crippen molar-refractivity contribution in [1.82, 2.24) is 4.98 Å². The Hall–Kier alpha value is -2.07. The van der Waals surface area contributed by atoms with Gasteiger partial charge in [0.1, 0.15) is 12.4 Å². The molecule has 4 heteroatoms. The third-order valence-electron chi connectivity index (χ3n) is 2.88. The van der Waals surface area contributed by atoms with E-state index in [1.54, 1.807) is 19.3 Å². The Balaban J connectivity index is 2.59. The number of aromatic amines is 1. The molecule has 0 amide bonds. The van der Waals surface area contributed by atoms with Crippen LogP contribution in [0.3, 0.4) is 0 Å². The van der Waals surface area contributed by atoms with E-state index < -0.39 is 0 Å². The van der Waals surface area contributed by atoms with Gasteiger partial charge in [0.05, 0.1) is 12.1 Å². The smallest absolute Gasteiger partial charge is 0.248 e. The van der Waals surface area contributed by atoms with Crippen molar-refractivity contribution in [3.8, 4) is 5.75 Å². The maximum absolute atomic E-state index is 11.6. The summed E-state index contributed by atoms with van der Waals surface area (Å²) in [6, 6.07) is 5.41. The summed E-state index contributed by atoms with van der Waals surface area (Å²) < 4.78 is 10.7. The summed E-state index contributed by atoms with van der Waals surface area (Å²) in [6.45, 7) is 6.44. The summed E-state index contributed by atoms with van der Waals surface area (Å²) in [4.78, 5) is 14.4. The average Bonchev–Trinajstić information content (AvgIpc) is 2.37. The van der Waals surface area contributed by atoms with Crippen molar-refractivity contribution >= 4 is 10.9 Å². The molecule has 0 unspecified atom stereocenters. The predicted octanol–water partition coefficient (Wildman–Crippen LogP) is 2.55. The number of aryl methyl sites for hydroxylation is 1. The second-order valence-corrected chi connectivity index (χ2v) is 4.35. The van der Waals surface area contributed by atoms with E-state index in [1.807, 2.05) is 19.1 Å². The Labute approximate surface area is 111 Å². The number of ether oxygens (including phenoxy) is 2. The minimum Gasteiger partial charge on any atom is -0.489 e. The van der Waals surface area contributed by atoms with E-state index >= 15 is 0 Å². The second kappa shape index (κ2) is 5.71. The number of nitrogens with one attached hydrogen (secondary N) is 1. The monoisotopic (exact) mass is 259 g/mol. The Kier molecular flexibility index (Phi) is 4.02. The largest absolute Gasteiger partial charge is 0.489 e. The van der Waals surface area contributed by atoms with Crippen LogP contribution in [-0.2, 0) is 11.3 Å². The Morgan fingerprint density at radius 3 is 2.84 bits per heavy atom. The number of hydrogen-bond donors (Lipinski definition) is 1. The zero-order valence-corrected chi connectivity index (χ0v) is 11.2. The van der Waals surface area contributed by atoms with E-state index in [9.17, 15) is 4.79 Å². The molecule has 1 N–H and O–H groups in total. The number of benzene rings is 1. The lowest BCUT2D eigenvalue weighted by Gasteiger charge is -2.11. The first-order valence-electron chi connectivity index (χ1n) is 6.05. The summed E-state index contributed by atoms with van der Waals surface area (Å²) in [7, 11) is 1.61. The summed E-state index contributed by atoms with van der Waals surface area (Å²) in [5, 5.41) is 0.977. The van der Waals surface area contributed by atoms with E-state index in [0.717, 1.165) is 27.8 Å². The van der Waals surface area contributed by atoms with Gasteiger partial charge >= 0.3 is 0 Å². The summed E-state index contributed by atoms with van der Waals surface area (Å²) in [5.41, 5.74) is 2.50. The SMILES string of the molecule is C=CCOc1cc2[nH]c(=O)cc(COC)c2cc1C. The van der Waals surface area contributed by atoms with Gasteiger partial charge in [-0.05, 0) is 24.1 Å². The van der Waals surface area contributed by atoms with Gasteiger partial charge in [-0.2, -0.15) is 0 Å². The van der Waals surface area contributed by atoms with Crippen LogP contribution in [-0.4, -0.2) is 18.7 Å². The highest BCUT2D eigenvalue weighted by molar-refractivity contribution is 5.84. The first-order chi connectivity index (χ1) is 9.15. The molecule has 0 bridgehead atoms. The summed E-state index contributed by atoms with van der Waals surface area (Å²) in [5.74, 6) is 0.748. The maximum Gasteiger partial charge on any atom is 0.248 e. The highest BCUT2D eigenvalue weighted by Crippen LogP contribution is 2.26. The molecule has 0 aliphatic carbocycles. The third-order valence-corrected chi connectivity index (χ3v) is 2.88. The average molecular weight is 259 g/mol. The van der Waals surface area contributed by atoms with Crippen LogP contribution in [0.15, 0.2) is 35.6 Å². The van der Waals surface area contributed by atoms with Crippen molar-refractivity contribution in [1.29, 1.82) is 0 Å². The van der Waals surface area contributed by atoms with Gasteiger partial charge in [0.15, 0.2) is 0 Å². The van der Waals surface area contributed by atoms with Crippen molar-refractivity contribution in [3.63, 3.8) is 0 Å². The quantitative estimate of drug-likeness (QED) is 0.839. The van der Waals surface area contributed by atoms with Gasteiger partial charge in [-0.25, -0.2) is 0 Å². The lowest BCUT2D eigenvalue weighted by atomic mass is 10.1. The molecule has 19 heavy (non-hydrogen) atoms. The van der Waals surface area contributed by atoms with Crippen molar-refractivity contribution in [2.45, 2.75) is 13.5 Å². The molecular weight excluding hydrogens is 242 g/mol. The molecule has 0 saturated heterocycles. The van der Waals surface area contributed by atoms with E-state index in [2.05, 4.69) is 11.6 Å². The highest BCUT2D eigenvalue weighted by atomic mass is 16.5. The van der Waals surface area contributed by atoms with Crippen molar-refractivity contribution in [2.24, 2.45) is 0 Å². The molecule has 2 aromatic rings. The lowest BCUT2D eigenvalue weighted by molar-refractivity contribution is 0.186. The molecule has 0 aliphatic rings. The molecule has 0 saturated carbocycles. The molecule has 0 atom stereocenters. The number of aromatic nitrogens is 1. The first kappa shape index (κ1) is 13.4. The van der Waals surface area contributed by atoms with Gasteiger partial charge < -0.3 is 14.5 Å². The first-order valence-corrected chi connectivity index (χ1v) is 6.05. The number of pyridine rings is 1. The number of fused-ring (bicyclic) bond motifs is 1. The van der Waals surface area contributed by atoms with Crippen LogP contribution in [0.5, 0.6) is 5.75 Å². The molecule has 4 nitrogen and oxygen atoms in total. The van der Waals surface area contributed by atoms with Gasteiger partial charge in [-0.3, -0.25) is 4.79 Å². The van der Waals surface area contributed by atoms with Crippen molar-refractivity contribution in [3.05, 3.63) is 52.3 Å². The van der Waals surface area contributed by atoms with E-state index in [4.69, 9.17) is 9.47 Å². The normalized spacial score (nSPS) is 10.6. The van der Waals surface area contributed by atoms with Crippen LogP contribution >= 0.6 is 0 Å². The summed E-state index contributed by atoms with van der Waals surface area (Å²) in [6.07, 6.45) is 1.69. The fourth-order valence-corrected chi connectivity index (χ4v) is 2.04. The second-order valence-electron chi connectivity index (χ2n) is 4.35. The lowest BCUT2D eigenvalue weighted by Crippen LogP contribution is -2.08. The van der Waals surface area contributed by atoms with Gasteiger partial charge in [0.2, 0.25) is 5.56 Å². The highest BCUT2D eigenvalue weighted by Gasteiger charge is 2.08. The molecule has 0 radical (unpaired) electrons. The molecule has 1 aromatic heterocycles. The zero-order chi connectivity index (χ0) is 13.8.